The van der Waals surface area contributed by atoms with Gasteiger partial charge in [0, 0.05) is 45.3 Å². The summed E-state index contributed by atoms with van der Waals surface area (Å²) in [4.78, 5) is 31.4. The summed E-state index contributed by atoms with van der Waals surface area (Å²) < 4.78 is 1.64. The number of nitrogens with zero attached hydrogens (tertiary/aromatic N) is 5. The Kier molecular flexibility index (Phi) is 5.31. The van der Waals surface area contributed by atoms with Gasteiger partial charge in [0.1, 0.15) is 5.69 Å². The molecule has 0 saturated carbocycles. The van der Waals surface area contributed by atoms with Crippen molar-refractivity contribution in [2.45, 2.75) is 13.1 Å². The number of benzene rings is 1. The standard InChI is InChI=1S/C19H21Cl2N5O2/c1-23-4-6-24(7-5-23)18(27)16-11-17-19(28)25(8-9-26(17)22-16)12-13-2-3-14(20)15(21)10-13/h2-3,10-11H,4-9,12H2,1H3. The summed E-state index contributed by atoms with van der Waals surface area (Å²) in [5.41, 5.74) is 1.69. The number of piperazine rings is 1. The van der Waals surface area contributed by atoms with Crippen molar-refractivity contribution in [3.63, 3.8) is 0 Å². The highest BCUT2D eigenvalue weighted by Gasteiger charge is 2.30. The van der Waals surface area contributed by atoms with Gasteiger partial charge in [-0.1, -0.05) is 29.3 Å². The minimum atomic E-state index is -0.137. The van der Waals surface area contributed by atoms with Crippen LogP contribution in [0.25, 0.3) is 0 Å². The van der Waals surface area contributed by atoms with E-state index in [1.165, 1.54) is 0 Å². The molecule has 1 saturated heterocycles. The predicted molar refractivity (Wildman–Crippen MR) is 107 cm³/mol. The largest absolute Gasteiger partial charge is 0.335 e. The van der Waals surface area contributed by atoms with Crippen LogP contribution in [-0.2, 0) is 13.1 Å². The van der Waals surface area contributed by atoms with Gasteiger partial charge in [-0.05, 0) is 24.7 Å². The first kappa shape index (κ1) is 19.2. The number of likely N-dealkylation sites (N-methyl/N-ethyl adjacent to an activating group) is 1. The minimum Gasteiger partial charge on any atom is -0.335 e. The Morgan fingerprint density at radius 3 is 2.50 bits per heavy atom. The maximum absolute atomic E-state index is 12.9. The fourth-order valence-corrected chi connectivity index (χ4v) is 3.84. The smallest absolute Gasteiger partial charge is 0.274 e. The lowest BCUT2D eigenvalue weighted by Gasteiger charge is -2.31. The first-order chi connectivity index (χ1) is 13.4. The van der Waals surface area contributed by atoms with Crippen LogP contribution in [-0.4, -0.2) is 76.1 Å². The minimum absolute atomic E-state index is 0.112. The Bertz CT molecular complexity index is 921. The second-order valence-corrected chi connectivity index (χ2v) is 8.02. The summed E-state index contributed by atoms with van der Waals surface area (Å²) in [5, 5.41) is 5.34. The van der Waals surface area contributed by atoms with E-state index in [9.17, 15) is 9.59 Å². The maximum Gasteiger partial charge on any atom is 0.274 e. The molecule has 7 nitrogen and oxygen atoms in total. The normalized spacial score (nSPS) is 17.8. The molecule has 0 spiro atoms. The predicted octanol–water partition coefficient (Wildman–Crippen LogP) is 2.23. The van der Waals surface area contributed by atoms with Crippen LogP contribution in [0.1, 0.15) is 26.5 Å². The summed E-state index contributed by atoms with van der Waals surface area (Å²) in [5.74, 6) is -0.249. The molecule has 28 heavy (non-hydrogen) atoms. The highest BCUT2D eigenvalue weighted by atomic mass is 35.5. The van der Waals surface area contributed by atoms with Crippen LogP contribution >= 0.6 is 23.2 Å². The number of aromatic nitrogens is 2. The molecule has 0 aliphatic carbocycles. The Hall–Kier alpha value is -2.09. The van der Waals surface area contributed by atoms with Crippen molar-refractivity contribution in [2.75, 3.05) is 39.8 Å². The zero-order valence-corrected chi connectivity index (χ0v) is 17.1. The molecule has 1 fully saturated rings. The molecule has 4 rings (SSSR count). The van der Waals surface area contributed by atoms with Gasteiger partial charge in [-0.2, -0.15) is 5.10 Å². The second kappa shape index (κ2) is 7.73. The van der Waals surface area contributed by atoms with Crippen molar-refractivity contribution in [3.05, 3.63) is 51.3 Å². The lowest BCUT2D eigenvalue weighted by atomic mass is 10.2. The van der Waals surface area contributed by atoms with E-state index < -0.39 is 0 Å². The molecular formula is C19H21Cl2N5O2. The first-order valence-electron chi connectivity index (χ1n) is 9.21. The molecule has 148 valence electrons. The molecular weight excluding hydrogens is 401 g/mol. The molecule has 1 aromatic heterocycles. The summed E-state index contributed by atoms with van der Waals surface area (Å²) in [6.45, 7) is 4.55. The van der Waals surface area contributed by atoms with E-state index in [1.807, 2.05) is 13.1 Å². The quantitative estimate of drug-likeness (QED) is 0.762. The number of rotatable bonds is 3. The van der Waals surface area contributed by atoms with Crippen molar-refractivity contribution in [1.82, 2.24) is 24.5 Å². The molecule has 0 atom stereocenters. The second-order valence-electron chi connectivity index (χ2n) is 7.21. The summed E-state index contributed by atoms with van der Waals surface area (Å²) in [7, 11) is 2.04. The van der Waals surface area contributed by atoms with Crippen molar-refractivity contribution < 1.29 is 9.59 Å². The summed E-state index contributed by atoms with van der Waals surface area (Å²) >= 11 is 12.0. The van der Waals surface area contributed by atoms with E-state index in [1.54, 1.807) is 32.7 Å². The van der Waals surface area contributed by atoms with Crippen LogP contribution in [0, 0.1) is 0 Å². The zero-order chi connectivity index (χ0) is 19.8. The molecule has 3 heterocycles. The van der Waals surface area contributed by atoms with Crippen molar-refractivity contribution in [1.29, 1.82) is 0 Å². The van der Waals surface area contributed by atoms with Gasteiger partial charge in [0.05, 0.1) is 16.6 Å². The van der Waals surface area contributed by atoms with E-state index in [0.717, 1.165) is 18.7 Å². The lowest BCUT2D eigenvalue weighted by Crippen LogP contribution is -2.47. The molecule has 2 aliphatic rings. The molecule has 0 radical (unpaired) electrons. The van der Waals surface area contributed by atoms with Crippen LogP contribution in [0.5, 0.6) is 0 Å². The number of carbonyl (C=O) groups is 2. The highest BCUT2D eigenvalue weighted by Crippen LogP contribution is 2.24. The van der Waals surface area contributed by atoms with Crippen molar-refractivity contribution in [3.8, 4) is 0 Å². The third kappa shape index (κ3) is 3.74. The Balaban J connectivity index is 1.49. The van der Waals surface area contributed by atoms with Gasteiger partial charge in [0.25, 0.3) is 11.8 Å². The van der Waals surface area contributed by atoms with E-state index in [0.29, 0.717) is 54.2 Å². The van der Waals surface area contributed by atoms with Crippen LogP contribution < -0.4 is 0 Å². The SMILES string of the molecule is CN1CCN(C(=O)c2cc3n(n2)CCN(Cc2ccc(Cl)c(Cl)c2)C3=O)CC1. The average molecular weight is 422 g/mol. The molecule has 9 heteroatoms. The van der Waals surface area contributed by atoms with Gasteiger partial charge in [0.2, 0.25) is 0 Å². The van der Waals surface area contributed by atoms with Crippen LogP contribution in [0.15, 0.2) is 24.3 Å². The monoisotopic (exact) mass is 421 g/mol. The van der Waals surface area contributed by atoms with Crippen molar-refractivity contribution >= 4 is 35.0 Å². The number of hydrogen-bond acceptors (Lipinski definition) is 4. The molecule has 0 N–H and O–H groups in total. The van der Waals surface area contributed by atoms with Gasteiger partial charge >= 0.3 is 0 Å². The average Bonchev–Trinajstić information content (AvgIpc) is 3.12. The van der Waals surface area contributed by atoms with E-state index in [-0.39, 0.29) is 11.8 Å². The maximum atomic E-state index is 12.9. The number of fused-ring (bicyclic) bond motifs is 1. The van der Waals surface area contributed by atoms with E-state index in [2.05, 4.69) is 10.00 Å². The molecule has 0 unspecified atom stereocenters. The lowest BCUT2D eigenvalue weighted by molar-refractivity contribution is 0.0651. The Labute approximate surface area is 173 Å². The number of halogens is 2. The van der Waals surface area contributed by atoms with Crippen LogP contribution in [0.3, 0.4) is 0 Å². The van der Waals surface area contributed by atoms with Gasteiger partial charge in [-0.15, -0.1) is 0 Å². The Morgan fingerprint density at radius 2 is 1.79 bits per heavy atom. The highest BCUT2D eigenvalue weighted by molar-refractivity contribution is 6.42. The molecule has 2 amide bonds. The van der Waals surface area contributed by atoms with Crippen LogP contribution in [0.2, 0.25) is 10.0 Å². The number of carbonyl (C=O) groups excluding carboxylic acids is 2. The van der Waals surface area contributed by atoms with Gasteiger partial charge in [-0.3, -0.25) is 14.3 Å². The first-order valence-corrected chi connectivity index (χ1v) is 9.97. The van der Waals surface area contributed by atoms with Gasteiger partial charge in [0.15, 0.2) is 5.69 Å². The summed E-state index contributed by atoms with van der Waals surface area (Å²) in [6.07, 6.45) is 0. The van der Waals surface area contributed by atoms with E-state index in [4.69, 9.17) is 23.2 Å². The molecule has 2 aliphatic heterocycles. The molecule has 1 aromatic carbocycles. The van der Waals surface area contributed by atoms with E-state index >= 15 is 0 Å². The topological polar surface area (TPSA) is 61.7 Å². The number of hydrogen-bond donors (Lipinski definition) is 0. The van der Waals surface area contributed by atoms with Crippen LogP contribution in [0.4, 0.5) is 0 Å². The van der Waals surface area contributed by atoms with Gasteiger partial charge < -0.3 is 14.7 Å². The zero-order valence-electron chi connectivity index (χ0n) is 15.6. The fourth-order valence-electron chi connectivity index (χ4n) is 3.52. The van der Waals surface area contributed by atoms with Gasteiger partial charge in [-0.25, -0.2) is 0 Å². The van der Waals surface area contributed by atoms with Crippen molar-refractivity contribution in [2.24, 2.45) is 0 Å². The third-order valence-corrected chi connectivity index (χ3v) is 5.97. The Morgan fingerprint density at radius 1 is 1.04 bits per heavy atom. The fraction of sp³-hybridized carbons (Fsp3) is 0.421. The third-order valence-electron chi connectivity index (χ3n) is 5.24. The molecule has 2 aromatic rings. The number of amides is 2. The summed E-state index contributed by atoms with van der Waals surface area (Å²) in [6, 6.07) is 6.97. The molecule has 0 bridgehead atoms.